The van der Waals surface area contributed by atoms with Crippen molar-refractivity contribution < 1.29 is 23.2 Å². The number of ketones is 2. The molecule has 0 fully saturated rings. The summed E-state index contributed by atoms with van der Waals surface area (Å²) in [6.45, 7) is 12.1. The Kier molecular flexibility index (Phi) is 17.6. The van der Waals surface area contributed by atoms with Crippen molar-refractivity contribution in [2.75, 3.05) is 13.2 Å². The van der Waals surface area contributed by atoms with E-state index in [1.807, 2.05) is 27.7 Å². The van der Waals surface area contributed by atoms with E-state index in [2.05, 4.69) is 13.8 Å². The molecule has 0 aromatic rings. The maximum absolute atomic E-state index is 12.9. The Labute approximate surface area is 198 Å². The molecular formula is C26H51O5P. The molecule has 5 nitrogen and oxygen atoms in total. The third-order valence-corrected chi connectivity index (χ3v) is 8.31. The number of carbonyl (C=O) groups excluding carboxylic acids is 2. The summed E-state index contributed by atoms with van der Waals surface area (Å²) < 4.78 is 22.9. The van der Waals surface area contributed by atoms with E-state index in [1.165, 1.54) is 12.8 Å². The lowest BCUT2D eigenvalue weighted by molar-refractivity contribution is -0.132. The molecule has 0 rings (SSSR count). The molecule has 0 atom stereocenters. The van der Waals surface area contributed by atoms with Gasteiger partial charge < -0.3 is 9.05 Å². The first-order chi connectivity index (χ1) is 15.3. The van der Waals surface area contributed by atoms with Gasteiger partial charge in [0.25, 0.3) is 0 Å². The molecule has 0 aliphatic heterocycles. The molecule has 0 heterocycles. The van der Waals surface area contributed by atoms with Gasteiger partial charge in [0, 0.05) is 10.8 Å². The van der Waals surface area contributed by atoms with Crippen LogP contribution in [0.5, 0.6) is 0 Å². The van der Waals surface area contributed by atoms with Gasteiger partial charge in [0.05, 0.1) is 0 Å². The highest BCUT2D eigenvalue weighted by Crippen LogP contribution is 2.37. The van der Waals surface area contributed by atoms with Crippen LogP contribution in [0, 0.1) is 10.8 Å². The van der Waals surface area contributed by atoms with E-state index in [0.29, 0.717) is 0 Å². The van der Waals surface area contributed by atoms with E-state index in [1.54, 1.807) is 0 Å². The van der Waals surface area contributed by atoms with Crippen molar-refractivity contribution in [3.63, 3.8) is 0 Å². The lowest BCUT2D eigenvalue weighted by Crippen LogP contribution is -2.33. The van der Waals surface area contributed by atoms with Crippen molar-refractivity contribution in [2.24, 2.45) is 10.8 Å². The van der Waals surface area contributed by atoms with Crippen LogP contribution in [0.1, 0.15) is 131 Å². The van der Waals surface area contributed by atoms with Crippen molar-refractivity contribution in [1.29, 1.82) is 0 Å². The second kappa shape index (κ2) is 17.9. The summed E-state index contributed by atoms with van der Waals surface area (Å²) in [7, 11) is -2.88. The number of rotatable bonds is 22. The Morgan fingerprint density at radius 3 is 1.22 bits per heavy atom. The lowest BCUT2D eigenvalue weighted by Gasteiger charge is -2.30. The molecule has 0 aromatic heterocycles. The first-order valence-electron chi connectivity index (χ1n) is 13.2. The molecule has 0 N–H and O–H groups in total. The second-order valence-corrected chi connectivity index (χ2v) is 10.3. The fourth-order valence-corrected chi connectivity index (χ4v) is 5.23. The number of hydrogen-bond acceptors (Lipinski definition) is 5. The van der Waals surface area contributed by atoms with E-state index in [4.69, 9.17) is 9.05 Å². The SMILES string of the molecule is CCCCCCC(CC)(CC)C(=O)CO[PH](=O)OCC(=O)C(CC)(CC)CCCCCC. The van der Waals surface area contributed by atoms with E-state index < -0.39 is 19.1 Å². The zero-order chi connectivity index (χ0) is 24.5. The fourth-order valence-electron chi connectivity index (χ4n) is 4.65. The molecule has 32 heavy (non-hydrogen) atoms. The molecule has 0 saturated carbocycles. The van der Waals surface area contributed by atoms with Crippen LogP contribution < -0.4 is 0 Å². The highest BCUT2D eigenvalue weighted by atomic mass is 31.1. The average Bonchev–Trinajstić information content (AvgIpc) is 2.82. The maximum Gasteiger partial charge on any atom is 0.319 e. The second-order valence-electron chi connectivity index (χ2n) is 9.27. The van der Waals surface area contributed by atoms with Crippen molar-refractivity contribution >= 4 is 19.8 Å². The van der Waals surface area contributed by atoms with E-state index in [-0.39, 0.29) is 24.8 Å². The maximum atomic E-state index is 12.9. The van der Waals surface area contributed by atoms with Crippen molar-refractivity contribution in [3.05, 3.63) is 0 Å². The molecule has 0 amide bonds. The molecule has 0 saturated heterocycles. The Morgan fingerprint density at radius 1 is 0.594 bits per heavy atom. The third kappa shape index (κ3) is 10.6. The molecular weight excluding hydrogens is 423 g/mol. The molecule has 0 aliphatic carbocycles. The standard InChI is InChI=1S/C26H51O5P/c1-7-13-15-17-19-25(9-3,10-4)23(27)21-30-32(29)31-22-24(28)26(11-5,12-6)20-18-16-14-8-2/h32H,7-22H2,1-6H3. The Bertz CT molecular complexity index is 492. The highest BCUT2D eigenvalue weighted by Gasteiger charge is 2.35. The van der Waals surface area contributed by atoms with Crippen LogP contribution in [-0.2, 0) is 23.2 Å². The first kappa shape index (κ1) is 31.5. The molecule has 0 radical (unpaired) electrons. The molecule has 6 heteroatoms. The quantitative estimate of drug-likeness (QED) is 0.117. The van der Waals surface area contributed by atoms with Crippen molar-refractivity contribution in [1.82, 2.24) is 0 Å². The third-order valence-electron chi connectivity index (χ3n) is 7.55. The summed E-state index contributed by atoms with van der Waals surface area (Å²) in [5, 5.41) is 0. The van der Waals surface area contributed by atoms with Gasteiger partial charge in [0.15, 0.2) is 11.6 Å². The van der Waals surface area contributed by atoms with Crippen LogP contribution in [-0.4, -0.2) is 24.8 Å². The highest BCUT2D eigenvalue weighted by molar-refractivity contribution is 7.33. The molecule has 0 unspecified atom stereocenters. The van der Waals surface area contributed by atoms with Crippen molar-refractivity contribution in [2.45, 2.75) is 131 Å². The van der Waals surface area contributed by atoms with Gasteiger partial charge in [-0.05, 0) is 38.5 Å². The van der Waals surface area contributed by atoms with Crippen LogP contribution in [0.15, 0.2) is 0 Å². The number of hydrogen-bond donors (Lipinski definition) is 0. The van der Waals surface area contributed by atoms with Gasteiger partial charge >= 0.3 is 8.25 Å². The predicted octanol–water partition coefficient (Wildman–Crippen LogP) is 8.10. The zero-order valence-electron chi connectivity index (χ0n) is 21.9. The van der Waals surface area contributed by atoms with Gasteiger partial charge in [0.1, 0.15) is 13.2 Å². The zero-order valence-corrected chi connectivity index (χ0v) is 22.9. The minimum atomic E-state index is -2.88. The molecule has 190 valence electrons. The number of Topliss-reactive ketones (excluding diaryl/α,β-unsaturated/α-hetero) is 2. The first-order valence-corrected chi connectivity index (χ1v) is 14.4. The predicted molar refractivity (Wildman–Crippen MR) is 134 cm³/mol. The largest absolute Gasteiger partial charge is 0.319 e. The smallest absolute Gasteiger partial charge is 0.303 e. The summed E-state index contributed by atoms with van der Waals surface area (Å²) in [6.07, 6.45) is 13.7. The van der Waals surface area contributed by atoms with E-state index in [9.17, 15) is 14.2 Å². The van der Waals surface area contributed by atoms with Gasteiger partial charge in [-0.25, -0.2) is 0 Å². The Hall–Kier alpha value is -0.510. The summed E-state index contributed by atoms with van der Waals surface area (Å²) in [5.74, 6) is -0.000625. The molecule has 0 bridgehead atoms. The lowest BCUT2D eigenvalue weighted by atomic mass is 9.74. The minimum absolute atomic E-state index is 0.000313. The Balaban J connectivity index is 4.69. The minimum Gasteiger partial charge on any atom is -0.303 e. The van der Waals surface area contributed by atoms with Gasteiger partial charge in [-0.3, -0.25) is 14.2 Å². The van der Waals surface area contributed by atoms with Crippen LogP contribution in [0.2, 0.25) is 0 Å². The average molecular weight is 475 g/mol. The molecule has 0 spiro atoms. The monoisotopic (exact) mass is 474 g/mol. The van der Waals surface area contributed by atoms with Crippen LogP contribution in [0.3, 0.4) is 0 Å². The van der Waals surface area contributed by atoms with E-state index in [0.717, 1.165) is 77.0 Å². The van der Waals surface area contributed by atoms with Gasteiger partial charge in [-0.2, -0.15) is 0 Å². The van der Waals surface area contributed by atoms with Gasteiger partial charge in [-0.15, -0.1) is 0 Å². The summed E-state index contributed by atoms with van der Waals surface area (Å²) in [5.41, 5.74) is -0.826. The summed E-state index contributed by atoms with van der Waals surface area (Å²) >= 11 is 0. The Morgan fingerprint density at radius 2 is 0.938 bits per heavy atom. The summed E-state index contributed by atoms with van der Waals surface area (Å²) in [6, 6.07) is 0. The normalized spacial score (nSPS) is 12.5. The number of unbranched alkanes of at least 4 members (excludes halogenated alkanes) is 6. The van der Waals surface area contributed by atoms with Crippen LogP contribution in [0.4, 0.5) is 0 Å². The van der Waals surface area contributed by atoms with Gasteiger partial charge in [0.2, 0.25) is 0 Å². The number of carbonyl (C=O) groups is 2. The van der Waals surface area contributed by atoms with Crippen molar-refractivity contribution in [3.8, 4) is 0 Å². The fraction of sp³-hybridized carbons (Fsp3) is 0.923. The topological polar surface area (TPSA) is 69.7 Å². The molecule has 0 aromatic carbocycles. The van der Waals surface area contributed by atoms with Crippen LogP contribution in [0.25, 0.3) is 0 Å². The van der Waals surface area contributed by atoms with Gasteiger partial charge in [-0.1, -0.05) is 92.9 Å². The van der Waals surface area contributed by atoms with Crippen LogP contribution >= 0.6 is 8.25 Å². The summed E-state index contributed by atoms with van der Waals surface area (Å²) in [4.78, 5) is 25.8. The molecule has 0 aliphatic rings. The van der Waals surface area contributed by atoms with E-state index >= 15 is 0 Å².